The largest absolute Gasteiger partial charge is 0.486 e. The fraction of sp³-hybridized carbons (Fsp3) is 0.235. The van der Waals surface area contributed by atoms with Gasteiger partial charge in [0, 0.05) is 21.9 Å². The summed E-state index contributed by atoms with van der Waals surface area (Å²) in [6, 6.07) is 12.7. The molecule has 0 saturated carbocycles. The molecular weight excluding hydrogens is 360 g/mol. The summed E-state index contributed by atoms with van der Waals surface area (Å²) in [4.78, 5) is 12.3. The van der Waals surface area contributed by atoms with Crippen LogP contribution in [0, 0.1) is 0 Å². The maximum absolute atomic E-state index is 12.3. The summed E-state index contributed by atoms with van der Waals surface area (Å²) in [5.74, 6) is 1.24. The van der Waals surface area contributed by atoms with Crippen LogP contribution in [0.3, 0.4) is 0 Å². The van der Waals surface area contributed by atoms with E-state index in [9.17, 15) is 4.79 Å². The topological polar surface area (TPSA) is 59.6 Å². The number of hydrogen-bond acceptors (Lipinski definition) is 4. The summed E-state index contributed by atoms with van der Waals surface area (Å²) in [7, 11) is 0. The third kappa shape index (κ3) is 3.96. The number of carbonyl (C=O) groups is 1. The second kappa shape index (κ2) is 6.91. The minimum atomic E-state index is -0.371. The molecule has 0 bridgehead atoms. The number of carbonyl (C=O) groups excluding carboxylic acids is 1. The average Bonchev–Trinajstić information content (AvgIpc) is 2.56. The molecule has 23 heavy (non-hydrogen) atoms. The van der Waals surface area contributed by atoms with Crippen molar-refractivity contribution >= 4 is 33.2 Å². The Morgan fingerprint density at radius 1 is 1.04 bits per heavy atom. The molecule has 0 fully saturated rings. The summed E-state index contributed by atoms with van der Waals surface area (Å²) in [6.07, 6.45) is 0. The van der Waals surface area contributed by atoms with Crippen LogP contribution >= 0.6 is 15.9 Å². The van der Waals surface area contributed by atoms with E-state index in [0.29, 0.717) is 30.4 Å². The number of benzene rings is 2. The summed E-state index contributed by atoms with van der Waals surface area (Å²) in [5, 5.41) is 6.04. The van der Waals surface area contributed by atoms with Crippen LogP contribution in [0.1, 0.15) is 6.92 Å². The van der Waals surface area contributed by atoms with Gasteiger partial charge in [-0.1, -0.05) is 15.9 Å². The van der Waals surface area contributed by atoms with Crippen molar-refractivity contribution in [3.8, 4) is 11.5 Å². The molecule has 3 rings (SSSR count). The van der Waals surface area contributed by atoms with Gasteiger partial charge in [0.05, 0.1) is 0 Å². The van der Waals surface area contributed by atoms with Crippen molar-refractivity contribution in [2.75, 3.05) is 23.8 Å². The molecule has 0 radical (unpaired) electrons. The summed E-state index contributed by atoms with van der Waals surface area (Å²) in [6.45, 7) is 2.88. The van der Waals surface area contributed by atoms with Gasteiger partial charge < -0.3 is 20.1 Å². The first kappa shape index (κ1) is 15.7. The van der Waals surface area contributed by atoms with E-state index in [-0.39, 0.29) is 11.9 Å². The maximum Gasteiger partial charge on any atom is 0.246 e. The van der Waals surface area contributed by atoms with Gasteiger partial charge in [0.2, 0.25) is 5.91 Å². The molecule has 1 aliphatic heterocycles. The highest BCUT2D eigenvalue weighted by Crippen LogP contribution is 2.32. The van der Waals surface area contributed by atoms with Crippen molar-refractivity contribution in [1.82, 2.24) is 0 Å². The molecule has 5 nitrogen and oxygen atoms in total. The van der Waals surface area contributed by atoms with Crippen LogP contribution in [0.5, 0.6) is 11.5 Å². The monoisotopic (exact) mass is 376 g/mol. The molecule has 0 aromatic heterocycles. The standard InChI is InChI=1S/C17H17BrN2O3/c1-11(19-13-4-2-12(18)3-5-13)17(21)20-14-6-7-15-16(10-14)23-9-8-22-15/h2-7,10-11,19H,8-9H2,1H3,(H,20,21). The van der Waals surface area contributed by atoms with Crippen LogP contribution in [0.4, 0.5) is 11.4 Å². The van der Waals surface area contributed by atoms with E-state index in [4.69, 9.17) is 9.47 Å². The lowest BCUT2D eigenvalue weighted by molar-refractivity contribution is -0.116. The van der Waals surface area contributed by atoms with E-state index >= 15 is 0 Å². The molecule has 0 saturated heterocycles. The number of anilines is 2. The van der Waals surface area contributed by atoms with Crippen molar-refractivity contribution in [2.24, 2.45) is 0 Å². The highest BCUT2D eigenvalue weighted by atomic mass is 79.9. The zero-order valence-corrected chi connectivity index (χ0v) is 14.2. The first-order chi connectivity index (χ1) is 11.1. The van der Waals surface area contributed by atoms with E-state index in [0.717, 1.165) is 10.2 Å². The van der Waals surface area contributed by atoms with Gasteiger partial charge in [-0.25, -0.2) is 0 Å². The number of fused-ring (bicyclic) bond motifs is 1. The minimum Gasteiger partial charge on any atom is -0.486 e. The molecule has 6 heteroatoms. The molecule has 2 aromatic rings. The Bertz CT molecular complexity index is 703. The summed E-state index contributed by atoms with van der Waals surface area (Å²) in [5.41, 5.74) is 1.57. The lowest BCUT2D eigenvalue weighted by Crippen LogP contribution is -2.31. The van der Waals surface area contributed by atoms with Crippen molar-refractivity contribution in [1.29, 1.82) is 0 Å². The molecule has 1 unspecified atom stereocenters. The quantitative estimate of drug-likeness (QED) is 0.854. The smallest absolute Gasteiger partial charge is 0.246 e. The van der Waals surface area contributed by atoms with Gasteiger partial charge in [-0.2, -0.15) is 0 Å². The molecule has 0 aliphatic carbocycles. The number of amides is 1. The Hall–Kier alpha value is -2.21. The van der Waals surface area contributed by atoms with Crippen LogP contribution in [-0.2, 0) is 4.79 Å². The van der Waals surface area contributed by atoms with Gasteiger partial charge >= 0.3 is 0 Å². The maximum atomic E-state index is 12.3. The number of nitrogens with one attached hydrogen (secondary N) is 2. The van der Waals surface area contributed by atoms with Crippen LogP contribution in [0.2, 0.25) is 0 Å². The van der Waals surface area contributed by atoms with Crippen LogP contribution in [-0.4, -0.2) is 25.2 Å². The molecule has 1 amide bonds. The zero-order chi connectivity index (χ0) is 16.2. The normalized spacial score (nSPS) is 14.0. The fourth-order valence-electron chi connectivity index (χ4n) is 2.23. The van der Waals surface area contributed by atoms with Crippen LogP contribution in [0.15, 0.2) is 46.9 Å². The number of rotatable bonds is 4. The summed E-state index contributed by atoms with van der Waals surface area (Å²) < 4.78 is 12.0. The Morgan fingerprint density at radius 2 is 1.70 bits per heavy atom. The Morgan fingerprint density at radius 3 is 2.43 bits per heavy atom. The lowest BCUT2D eigenvalue weighted by Gasteiger charge is -2.20. The Labute approximate surface area is 143 Å². The van der Waals surface area contributed by atoms with E-state index in [1.807, 2.05) is 31.2 Å². The summed E-state index contributed by atoms with van der Waals surface area (Å²) >= 11 is 3.39. The van der Waals surface area contributed by atoms with E-state index in [1.165, 1.54) is 0 Å². The average molecular weight is 377 g/mol. The highest BCUT2D eigenvalue weighted by Gasteiger charge is 2.16. The third-order valence-corrected chi connectivity index (χ3v) is 3.96. The van der Waals surface area contributed by atoms with E-state index < -0.39 is 0 Å². The molecular formula is C17H17BrN2O3. The van der Waals surface area contributed by atoms with E-state index in [2.05, 4.69) is 26.6 Å². The first-order valence-corrected chi connectivity index (χ1v) is 8.14. The van der Waals surface area contributed by atoms with Crippen LogP contribution in [0.25, 0.3) is 0 Å². The predicted molar refractivity (Wildman–Crippen MR) is 93.3 cm³/mol. The van der Waals surface area contributed by atoms with Gasteiger partial charge in [0.1, 0.15) is 19.3 Å². The Kier molecular flexibility index (Phi) is 4.71. The lowest BCUT2D eigenvalue weighted by atomic mass is 10.2. The van der Waals surface area contributed by atoms with E-state index in [1.54, 1.807) is 18.2 Å². The molecule has 1 aliphatic rings. The van der Waals surface area contributed by atoms with Gasteiger partial charge in [-0.3, -0.25) is 4.79 Å². The van der Waals surface area contributed by atoms with Gasteiger partial charge in [-0.05, 0) is 43.3 Å². The number of hydrogen-bond donors (Lipinski definition) is 2. The Balaban J connectivity index is 1.63. The number of halogens is 1. The number of ether oxygens (including phenoxy) is 2. The highest BCUT2D eigenvalue weighted by molar-refractivity contribution is 9.10. The molecule has 2 N–H and O–H groups in total. The second-order valence-corrected chi connectivity index (χ2v) is 6.14. The van der Waals surface area contributed by atoms with Gasteiger partial charge in [0.15, 0.2) is 11.5 Å². The van der Waals surface area contributed by atoms with Crippen molar-refractivity contribution in [2.45, 2.75) is 13.0 Å². The first-order valence-electron chi connectivity index (χ1n) is 7.34. The zero-order valence-electron chi connectivity index (χ0n) is 12.6. The minimum absolute atomic E-state index is 0.121. The predicted octanol–water partition coefficient (Wildman–Crippen LogP) is 3.66. The van der Waals surface area contributed by atoms with Crippen molar-refractivity contribution in [3.63, 3.8) is 0 Å². The molecule has 120 valence electrons. The van der Waals surface area contributed by atoms with Crippen LogP contribution < -0.4 is 20.1 Å². The molecule has 2 aromatic carbocycles. The van der Waals surface area contributed by atoms with Crippen molar-refractivity contribution in [3.05, 3.63) is 46.9 Å². The fourth-order valence-corrected chi connectivity index (χ4v) is 2.50. The molecule has 0 spiro atoms. The second-order valence-electron chi connectivity index (χ2n) is 5.22. The third-order valence-electron chi connectivity index (χ3n) is 3.43. The SMILES string of the molecule is CC(Nc1ccc(Br)cc1)C(=O)Nc1ccc2c(c1)OCCO2. The molecule has 1 atom stereocenters. The van der Waals surface area contributed by atoms with Crippen molar-refractivity contribution < 1.29 is 14.3 Å². The van der Waals surface area contributed by atoms with Gasteiger partial charge in [-0.15, -0.1) is 0 Å². The molecule has 1 heterocycles. The van der Waals surface area contributed by atoms with Gasteiger partial charge in [0.25, 0.3) is 0 Å².